The number of aromatic nitrogens is 1. The molecule has 0 saturated carbocycles. The van der Waals surface area contributed by atoms with E-state index in [4.69, 9.17) is 31.9 Å². The number of hydrogen-bond acceptors (Lipinski definition) is 8. The van der Waals surface area contributed by atoms with Gasteiger partial charge >= 0.3 is 12.1 Å². The maximum Gasteiger partial charge on any atom is 0.407 e. The lowest BCUT2D eigenvalue weighted by molar-refractivity contribution is -0.173. The molecule has 0 spiro atoms. The Morgan fingerprint density at radius 2 is 2.03 bits per heavy atom. The number of nitrogen functional groups attached to an aromatic ring is 1. The smallest absolute Gasteiger partial charge is 0.407 e. The molecule has 0 bridgehead atoms. The highest BCUT2D eigenvalue weighted by Crippen LogP contribution is 2.27. The fourth-order valence-electron chi connectivity index (χ4n) is 3.79. The normalized spacial score (nSPS) is 22.6. The Hall–Kier alpha value is -3.63. The Morgan fingerprint density at radius 3 is 2.51 bits per heavy atom. The third-order valence-corrected chi connectivity index (χ3v) is 5.79. The van der Waals surface area contributed by atoms with E-state index in [1.54, 1.807) is 0 Å². The van der Waals surface area contributed by atoms with Gasteiger partial charge in [-0.2, -0.15) is 18.4 Å². The number of nitrogens with zero attached hydrogens (tertiary/aromatic N) is 2. The first-order valence-electron chi connectivity index (χ1n) is 12.3. The van der Waals surface area contributed by atoms with Gasteiger partial charge in [-0.05, 0) is 57.6 Å². The number of amidine groups is 1. The summed E-state index contributed by atoms with van der Waals surface area (Å²) >= 11 is 0. The minimum absolute atomic E-state index is 0.0282. The van der Waals surface area contributed by atoms with Crippen molar-refractivity contribution in [3.8, 4) is 6.07 Å². The van der Waals surface area contributed by atoms with Crippen molar-refractivity contribution in [2.45, 2.75) is 76.4 Å². The topological polar surface area (TPSA) is 183 Å². The maximum absolute atomic E-state index is 12.6. The zero-order valence-corrected chi connectivity index (χ0v) is 22.1. The van der Waals surface area contributed by atoms with Crippen LogP contribution in [0.1, 0.15) is 52.0 Å². The predicted octanol–water partition coefficient (Wildman–Crippen LogP) is 2.84. The zero-order valence-electron chi connectivity index (χ0n) is 22.1. The van der Waals surface area contributed by atoms with Crippen LogP contribution in [0.25, 0.3) is 0 Å². The van der Waals surface area contributed by atoms with Crippen LogP contribution in [0, 0.1) is 17.2 Å². The number of pyridine rings is 1. The highest BCUT2D eigenvalue weighted by atomic mass is 19.4. The first kappa shape index (κ1) is 31.6. The number of esters is 1. The number of ether oxygens (including phenoxy) is 2. The molecule has 0 amide bonds. The summed E-state index contributed by atoms with van der Waals surface area (Å²) in [6, 6.07) is 1.07. The van der Waals surface area contributed by atoms with E-state index in [0.29, 0.717) is 19.4 Å². The van der Waals surface area contributed by atoms with Crippen molar-refractivity contribution in [2.75, 3.05) is 12.3 Å². The number of aromatic amines is 1. The van der Waals surface area contributed by atoms with Crippen LogP contribution in [-0.4, -0.2) is 53.4 Å². The second kappa shape index (κ2) is 13.4. The van der Waals surface area contributed by atoms with E-state index in [1.807, 2.05) is 20.8 Å². The van der Waals surface area contributed by atoms with E-state index in [2.05, 4.69) is 16.0 Å². The largest absolute Gasteiger partial charge is 0.458 e. The summed E-state index contributed by atoms with van der Waals surface area (Å²) in [4.78, 5) is 29.9. The molecule has 1 aromatic heterocycles. The van der Waals surface area contributed by atoms with Crippen molar-refractivity contribution < 1.29 is 27.4 Å². The standard InChI is InChI=1S/C14H16F3N5O.C12H19NO3/c15-14(16,17)11(19)7-1-3-8(4-2-7)22-12(20)10-9(18)5-6-21-13(10)23;1-12(2,3)16-11(14)10-5-4-9(6-7-13)8-15-10/h1-3,5-6,8,11H,4,19H2,(H2,20,22)(H3,18,21,23);9-10H,4-6,8H2,1-3H3/t8?,11-;9-,10-/m01/s1. The van der Waals surface area contributed by atoms with E-state index < -0.39 is 35.5 Å². The van der Waals surface area contributed by atoms with Crippen LogP contribution >= 0.6 is 0 Å². The third kappa shape index (κ3) is 9.88. The molecule has 1 aliphatic heterocycles. The third-order valence-electron chi connectivity index (χ3n) is 5.79. The minimum atomic E-state index is -4.50. The van der Waals surface area contributed by atoms with Gasteiger partial charge in [-0.3, -0.25) is 9.79 Å². The molecule has 7 N–H and O–H groups in total. The Bertz CT molecular complexity index is 1190. The lowest BCUT2D eigenvalue weighted by Crippen LogP contribution is -2.39. The van der Waals surface area contributed by atoms with Crippen molar-refractivity contribution in [3.05, 3.63) is 52.0 Å². The molecule has 214 valence electrons. The Morgan fingerprint density at radius 1 is 1.33 bits per heavy atom. The summed E-state index contributed by atoms with van der Waals surface area (Å²) in [6.07, 6.45) is 2.72. The maximum atomic E-state index is 12.6. The van der Waals surface area contributed by atoms with E-state index in [1.165, 1.54) is 30.5 Å². The summed E-state index contributed by atoms with van der Waals surface area (Å²) in [7, 11) is 0. The average Bonchev–Trinajstić information content (AvgIpc) is 2.83. The molecule has 10 nitrogen and oxygen atoms in total. The van der Waals surface area contributed by atoms with Crippen molar-refractivity contribution >= 4 is 17.5 Å². The molecule has 2 aliphatic rings. The van der Waals surface area contributed by atoms with Crippen LogP contribution in [0.3, 0.4) is 0 Å². The monoisotopic (exact) mass is 552 g/mol. The molecular formula is C26H35F3N6O4. The van der Waals surface area contributed by atoms with Gasteiger partial charge in [-0.15, -0.1) is 0 Å². The Balaban J connectivity index is 0.000000293. The van der Waals surface area contributed by atoms with Gasteiger partial charge in [0.1, 0.15) is 23.0 Å². The summed E-state index contributed by atoms with van der Waals surface area (Å²) in [5, 5.41) is 8.55. The van der Waals surface area contributed by atoms with Gasteiger partial charge in [-0.25, -0.2) is 4.79 Å². The van der Waals surface area contributed by atoms with Crippen LogP contribution < -0.4 is 22.8 Å². The SMILES string of the molecule is CC(C)(C)OC(=O)[C@H]1CC[C@H](CC#N)CO1.NC(=NC1C=CC([C@H](N)C(F)(F)F)=CC1)c1c(N)cc[nH]c1=O. The number of alkyl halides is 3. The summed E-state index contributed by atoms with van der Waals surface area (Å²) in [5.41, 5.74) is 15.8. The van der Waals surface area contributed by atoms with Gasteiger partial charge < -0.3 is 31.7 Å². The molecular weight excluding hydrogens is 517 g/mol. The van der Waals surface area contributed by atoms with Crippen LogP contribution in [0.15, 0.2) is 45.9 Å². The molecule has 2 heterocycles. The van der Waals surface area contributed by atoms with E-state index in [-0.39, 0.29) is 41.0 Å². The van der Waals surface area contributed by atoms with Gasteiger partial charge in [0.2, 0.25) is 0 Å². The number of anilines is 1. The number of rotatable bonds is 5. The van der Waals surface area contributed by atoms with Gasteiger partial charge in [0.25, 0.3) is 5.56 Å². The van der Waals surface area contributed by atoms with Gasteiger partial charge in [0.05, 0.1) is 18.7 Å². The lowest BCUT2D eigenvalue weighted by atomic mass is 9.96. The number of aliphatic imine (C=N–C) groups is 1. The highest BCUT2D eigenvalue weighted by Gasteiger charge is 2.38. The molecule has 3 rings (SSSR count). The fraction of sp³-hybridized carbons (Fsp3) is 0.538. The minimum Gasteiger partial charge on any atom is -0.458 e. The molecule has 1 aromatic rings. The number of H-pyrrole nitrogens is 1. The second-order valence-electron chi connectivity index (χ2n) is 10.2. The highest BCUT2D eigenvalue weighted by molar-refractivity contribution is 6.01. The first-order chi connectivity index (χ1) is 18.1. The van der Waals surface area contributed by atoms with Crippen LogP contribution in [0.5, 0.6) is 0 Å². The predicted molar refractivity (Wildman–Crippen MR) is 140 cm³/mol. The molecule has 1 aliphatic carbocycles. The summed E-state index contributed by atoms with van der Waals surface area (Å²) in [6.45, 7) is 6.00. The van der Waals surface area contributed by atoms with Crippen LogP contribution in [-0.2, 0) is 14.3 Å². The number of hydrogen-bond donors (Lipinski definition) is 4. The van der Waals surface area contributed by atoms with E-state index in [9.17, 15) is 22.8 Å². The Kier molecular flexibility index (Phi) is 10.9. The first-order valence-corrected chi connectivity index (χ1v) is 12.3. The lowest BCUT2D eigenvalue weighted by Gasteiger charge is -2.29. The number of halogens is 3. The molecule has 1 fully saturated rings. The number of nitrogens with one attached hydrogen (secondary N) is 1. The summed E-state index contributed by atoms with van der Waals surface area (Å²) in [5.74, 6) is -0.0948. The van der Waals surface area contributed by atoms with Gasteiger partial charge in [-0.1, -0.05) is 18.2 Å². The van der Waals surface area contributed by atoms with Crippen molar-refractivity contribution in [1.29, 1.82) is 5.26 Å². The average molecular weight is 553 g/mol. The molecule has 1 unspecified atom stereocenters. The summed E-state index contributed by atoms with van der Waals surface area (Å²) < 4.78 is 48.3. The van der Waals surface area contributed by atoms with E-state index in [0.717, 1.165) is 6.42 Å². The molecule has 39 heavy (non-hydrogen) atoms. The quantitative estimate of drug-likeness (QED) is 0.244. The van der Waals surface area contributed by atoms with Crippen molar-refractivity contribution in [2.24, 2.45) is 22.4 Å². The molecule has 13 heteroatoms. The molecule has 0 radical (unpaired) electrons. The number of carbonyl (C=O) groups excluding carboxylic acids is 1. The molecule has 4 atom stereocenters. The number of nitriles is 1. The molecule has 0 aromatic carbocycles. The van der Waals surface area contributed by atoms with Crippen molar-refractivity contribution in [1.82, 2.24) is 4.98 Å². The van der Waals surface area contributed by atoms with Gasteiger partial charge in [0, 0.05) is 18.3 Å². The number of nitrogens with two attached hydrogens (primary N) is 3. The van der Waals surface area contributed by atoms with Crippen LogP contribution in [0.4, 0.5) is 18.9 Å². The Labute approximate surface area is 224 Å². The second-order valence-corrected chi connectivity index (χ2v) is 10.2. The van der Waals surface area contributed by atoms with Crippen molar-refractivity contribution in [3.63, 3.8) is 0 Å². The molecule has 1 saturated heterocycles. The fourth-order valence-corrected chi connectivity index (χ4v) is 3.79. The van der Waals surface area contributed by atoms with Crippen LogP contribution in [0.2, 0.25) is 0 Å². The van der Waals surface area contributed by atoms with E-state index >= 15 is 0 Å². The number of carbonyl (C=O) groups is 1. The zero-order chi connectivity index (χ0) is 29.4. The van der Waals surface area contributed by atoms with Gasteiger partial charge in [0.15, 0.2) is 6.10 Å².